The molecule has 0 spiro atoms. The quantitative estimate of drug-likeness (QED) is 0.391. The molecule has 0 N–H and O–H groups in total. The molecule has 1 saturated heterocycles. The standard InChI is InChI=1S/C26H25N5O2S/c1-33-20-8-9-21-22(19-6-3-2-4-7-19)17-24(29-23(21)16-20)34-18-25(32)30-12-14-31(15-13-30)26-27-10-5-11-28-26/h2-11,16-17H,12-15,18H2,1H3. The van der Waals surface area contributed by atoms with Gasteiger partial charge in [-0.3, -0.25) is 4.79 Å². The maximum atomic E-state index is 12.9. The summed E-state index contributed by atoms with van der Waals surface area (Å²) in [6, 6.07) is 20.1. The van der Waals surface area contributed by atoms with Crippen LogP contribution in [0.1, 0.15) is 0 Å². The third-order valence-corrected chi connectivity index (χ3v) is 6.79. The van der Waals surface area contributed by atoms with Crippen LogP contribution in [-0.2, 0) is 4.79 Å². The van der Waals surface area contributed by atoms with Gasteiger partial charge in [0.2, 0.25) is 11.9 Å². The molecular formula is C26H25N5O2S. The predicted octanol–water partition coefficient (Wildman–Crippen LogP) is 4.14. The summed E-state index contributed by atoms with van der Waals surface area (Å²) in [6.45, 7) is 2.78. The molecule has 2 aromatic carbocycles. The van der Waals surface area contributed by atoms with E-state index >= 15 is 0 Å². The zero-order valence-corrected chi connectivity index (χ0v) is 19.7. The lowest BCUT2D eigenvalue weighted by molar-refractivity contribution is -0.128. The van der Waals surface area contributed by atoms with E-state index in [0.717, 1.165) is 45.9 Å². The third kappa shape index (κ3) is 4.82. The van der Waals surface area contributed by atoms with Gasteiger partial charge in [0.25, 0.3) is 0 Å². The topological polar surface area (TPSA) is 71.5 Å². The minimum absolute atomic E-state index is 0.118. The van der Waals surface area contributed by atoms with E-state index in [1.54, 1.807) is 25.6 Å². The van der Waals surface area contributed by atoms with Gasteiger partial charge in [-0.1, -0.05) is 42.1 Å². The lowest BCUT2D eigenvalue weighted by Crippen LogP contribution is -2.49. The molecule has 0 radical (unpaired) electrons. The Morgan fingerprint density at radius 2 is 1.74 bits per heavy atom. The molecule has 1 aliphatic heterocycles. The third-order valence-electron chi connectivity index (χ3n) is 5.89. The van der Waals surface area contributed by atoms with Crippen molar-refractivity contribution in [2.24, 2.45) is 0 Å². The van der Waals surface area contributed by atoms with E-state index in [1.165, 1.54) is 11.8 Å². The zero-order chi connectivity index (χ0) is 23.3. The smallest absolute Gasteiger partial charge is 0.233 e. The average molecular weight is 472 g/mol. The second-order valence-electron chi connectivity index (χ2n) is 7.96. The number of anilines is 1. The molecule has 0 aliphatic carbocycles. The van der Waals surface area contributed by atoms with Crippen molar-refractivity contribution in [2.75, 3.05) is 43.9 Å². The molecule has 0 unspecified atom stereocenters. The SMILES string of the molecule is COc1ccc2c(-c3ccccc3)cc(SCC(=O)N3CCN(c4ncccn4)CC3)nc2c1. The summed E-state index contributed by atoms with van der Waals surface area (Å²) in [5.41, 5.74) is 3.07. The number of methoxy groups -OCH3 is 1. The first-order chi connectivity index (χ1) is 16.7. The lowest BCUT2D eigenvalue weighted by atomic mass is 10.0. The second-order valence-corrected chi connectivity index (χ2v) is 8.96. The van der Waals surface area contributed by atoms with E-state index in [-0.39, 0.29) is 5.91 Å². The van der Waals surface area contributed by atoms with Crippen molar-refractivity contribution >= 4 is 34.5 Å². The summed E-state index contributed by atoms with van der Waals surface area (Å²) in [6.07, 6.45) is 3.48. The molecule has 0 atom stereocenters. The summed E-state index contributed by atoms with van der Waals surface area (Å²) in [7, 11) is 1.65. The van der Waals surface area contributed by atoms with Crippen molar-refractivity contribution in [1.29, 1.82) is 0 Å². The number of pyridine rings is 1. The fraction of sp³-hybridized carbons (Fsp3) is 0.231. The van der Waals surface area contributed by atoms with Gasteiger partial charge in [0.1, 0.15) is 5.75 Å². The van der Waals surface area contributed by atoms with Crippen LogP contribution in [0, 0.1) is 0 Å². The predicted molar refractivity (Wildman–Crippen MR) is 135 cm³/mol. The summed E-state index contributed by atoms with van der Waals surface area (Å²) in [5, 5.41) is 1.88. The van der Waals surface area contributed by atoms with Crippen LogP contribution in [0.25, 0.3) is 22.0 Å². The highest BCUT2D eigenvalue weighted by Gasteiger charge is 2.22. The number of nitrogens with zero attached hydrogens (tertiary/aromatic N) is 5. The number of thioether (sulfide) groups is 1. The highest BCUT2D eigenvalue weighted by molar-refractivity contribution is 7.99. The first-order valence-corrected chi connectivity index (χ1v) is 12.2. The number of fused-ring (bicyclic) bond motifs is 1. The molecule has 4 aromatic rings. The number of benzene rings is 2. The average Bonchev–Trinajstić information content (AvgIpc) is 2.92. The molecule has 8 heteroatoms. The van der Waals surface area contributed by atoms with E-state index in [0.29, 0.717) is 24.8 Å². The van der Waals surface area contributed by atoms with Crippen LogP contribution >= 0.6 is 11.8 Å². The van der Waals surface area contributed by atoms with E-state index in [9.17, 15) is 4.79 Å². The molecule has 2 aromatic heterocycles. The number of ether oxygens (including phenoxy) is 1. The van der Waals surface area contributed by atoms with Gasteiger partial charge in [-0.15, -0.1) is 0 Å². The van der Waals surface area contributed by atoms with E-state index < -0.39 is 0 Å². The number of aromatic nitrogens is 3. The van der Waals surface area contributed by atoms with Crippen molar-refractivity contribution in [2.45, 2.75) is 5.03 Å². The van der Waals surface area contributed by atoms with Crippen molar-refractivity contribution in [3.8, 4) is 16.9 Å². The Morgan fingerprint density at radius 3 is 2.47 bits per heavy atom. The highest BCUT2D eigenvalue weighted by Crippen LogP contribution is 2.33. The number of carbonyl (C=O) groups excluding carboxylic acids is 1. The molecule has 7 nitrogen and oxygen atoms in total. The molecule has 1 fully saturated rings. The molecule has 34 heavy (non-hydrogen) atoms. The van der Waals surface area contributed by atoms with Gasteiger partial charge in [-0.05, 0) is 35.4 Å². The second kappa shape index (κ2) is 10.1. The molecule has 172 valence electrons. The first kappa shape index (κ1) is 22.2. The van der Waals surface area contributed by atoms with Crippen molar-refractivity contribution < 1.29 is 9.53 Å². The van der Waals surface area contributed by atoms with Crippen LogP contribution in [0.3, 0.4) is 0 Å². The highest BCUT2D eigenvalue weighted by atomic mass is 32.2. The van der Waals surface area contributed by atoms with Crippen LogP contribution in [0.4, 0.5) is 5.95 Å². The van der Waals surface area contributed by atoms with E-state index in [4.69, 9.17) is 9.72 Å². The van der Waals surface area contributed by atoms with Crippen LogP contribution in [0.15, 0.2) is 78.1 Å². The number of rotatable bonds is 6. The molecule has 1 amide bonds. The fourth-order valence-corrected chi connectivity index (χ4v) is 4.90. The molecule has 3 heterocycles. The van der Waals surface area contributed by atoms with Gasteiger partial charge >= 0.3 is 0 Å². The summed E-state index contributed by atoms with van der Waals surface area (Å²) in [5.74, 6) is 1.94. The van der Waals surface area contributed by atoms with Crippen molar-refractivity contribution in [3.05, 3.63) is 73.1 Å². The molecule has 0 saturated carbocycles. The van der Waals surface area contributed by atoms with Gasteiger partial charge < -0.3 is 14.5 Å². The monoisotopic (exact) mass is 471 g/mol. The Bertz CT molecular complexity index is 1280. The lowest BCUT2D eigenvalue weighted by Gasteiger charge is -2.34. The number of hydrogen-bond acceptors (Lipinski definition) is 7. The molecular weight excluding hydrogens is 446 g/mol. The van der Waals surface area contributed by atoms with Crippen molar-refractivity contribution in [1.82, 2.24) is 19.9 Å². The van der Waals surface area contributed by atoms with Crippen LogP contribution in [0.5, 0.6) is 5.75 Å². The largest absolute Gasteiger partial charge is 0.497 e. The van der Waals surface area contributed by atoms with Crippen LogP contribution in [-0.4, -0.2) is 64.8 Å². The molecule has 5 rings (SSSR count). The summed E-state index contributed by atoms with van der Waals surface area (Å²) in [4.78, 5) is 30.4. The Kier molecular flexibility index (Phi) is 6.58. The Labute approximate surface area is 202 Å². The summed E-state index contributed by atoms with van der Waals surface area (Å²) >= 11 is 1.48. The van der Waals surface area contributed by atoms with Gasteiger partial charge in [-0.25, -0.2) is 15.0 Å². The van der Waals surface area contributed by atoms with Gasteiger partial charge in [-0.2, -0.15) is 0 Å². The van der Waals surface area contributed by atoms with Gasteiger partial charge in [0.05, 0.1) is 23.4 Å². The Morgan fingerprint density at radius 1 is 0.971 bits per heavy atom. The van der Waals surface area contributed by atoms with Crippen molar-refractivity contribution in [3.63, 3.8) is 0 Å². The number of amides is 1. The van der Waals surface area contributed by atoms with Crippen LogP contribution < -0.4 is 9.64 Å². The maximum Gasteiger partial charge on any atom is 0.233 e. The number of piperazine rings is 1. The number of hydrogen-bond donors (Lipinski definition) is 0. The van der Waals surface area contributed by atoms with E-state index in [2.05, 4.69) is 33.1 Å². The minimum atomic E-state index is 0.118. The molecule has 1 aliphatic rings. The van der Waals surface area contributed by atoms with Gasteiger partial charge in [0.15, 0.2) is 0 Å². The normalized spacial score (nSPS) is 13.8. The minimum Gasteiger partial charge on any atom is -0.497 e. The van der Waals surface area contributed by atoms with Gasteiger partial charge in [0, 0.05) is 50.0 Å². The molecule has 0 bridgehead atoms. The Balaban J connectivity index is 1.30. The van der Waals surface area contributed by atoms with E-state index in [1.807, 2.05) is 41.3 Å². The number of carbonyl (C=O) groups is 1. The first-order valence-electron chi connectivity index (χ1n) is 11.2. The summed E-state index contributed by atoms with van der Waals surface area (Å²) < 4.78 is 5.41. The van der Waals surface area contributed by atoms with Crippen LogP contribution in [0.2, 0.25) is 0 Å². The fourth-order valence-electron chi connectivity index (χ4n) is 4.08. The Hall–Kier alpha value is -3.65. The zero-order valence-electron chi connectivity index (χ0n) is 18.9. The maximum absolute atomic E-state index is 12.9.